The molecule has 0 radical (unpaired) electrons. The second kappa shape index (κ2) is 10.8. The van der Waals surface area contributed by atoms with Crippen molar-refractivity contribution >= 4 is 5.96 Å². The third kappa shape index (κ3) is 6.19. The Hall–Kier alpha value is -2.61. The van der Waals surface area contributed by atoms with E-state index in [4.69, 9.17) is 14.5 Å². The number of nitrogens with one attached hydrogen (secondary N) is 2. The molecule has 1 atom stereocenters. The largest absolute Gasteiger partial charge is 0.493 e. The van der Waals surface area contributed by atoms with Crippen LogP contribution in [0.1, 0.15) is 37.2 Å². The minimum atomic E-state index is 0.474. The van der Waals surface area contributed by atoms with Crippen molar-refractivity contribution in [3.8, 4) is 5.75 Å². The molecule has 1 aromatic heterocycles. The van der Waals surface area contributed by atoms with Crippen LogP contribution in [0.2, 0.25) is 0 Å². The van der Waals surface area contributed by atoms with Crippen LogP contribution in [0.5, 0.6) is 5.75 Å². The molecule has 1 fully saturated rings. The van der Waals surface area contributed by atoms with Crippen molar-refractivity contribution in [2.24, 2.45) is 10.9 Å². The van der Waals surface area contributed by atoms with Gasteiger partial charge in [-0.05, 0) is 38.8 Å². The number of benzene rings is 1. The van der Waals surface area contributed by atoms with Gasteiger partial charge in [0.2, 0.25) is 0 Å². The summed E-state index contributed by atoms with van der Waals surface area (Å²) in [6.45, 7) is 11.2. The maximum atomic E-state index is 6.13. The van der Waals surface area contributed by atoms with E-state index in [9.17, 15) is 0 Å². The van der Waals surface area contributed by atoms with Crippen molar-refractivity contribution in [2.45, 2.75) is 46.8 Å². The summed E-state index contributed by atoms with van der Waals surface area (Å²) in [6, 6.07) is 6.28. The Bertz CT molecular complexity index is 798. The molecule has 0 spiro atoms. The lowest BCUT2D eigenvalue weighted by molar-refractivity contribution is 0.166. The molecule has 8 nitrogen and oxygen atoms in total. The van der Waals surface area contributed by atoms with Crippen LogP contribution in [0.3, 0.4) is 0 Å². The van der Waals surface area contributed by atoms with E-state index in [0.29, 0.717) is 25.6 Å². The number of rotatable bonds is 9. The minimum Gasteiger partial charge on any atom is -0.493 e. The van der Waals surface area contributed by atoms with E-state index in [-0.39, 0.29) is 0 Å². The molecule has 29 heavy (non-hydrogen) atoms. The van der Waals surface area contributed by atoms with Crippen LogP contribution in [-0.2, 0) is 24.4 Å². The fourth-order valence-electron chi connectivity index (χ4n) is 3.20. The van der Waals surface area contributed by atoms with Gasteiger partial charge in [-0.1, -0.05) is 12.1 Å². The molecule has 158 valence electrons. The van der Waals surface area contributed by atoms with E-state index >= 15 is 0 Å². The van der Waals surface area contributed by atoms with Crippen LogP contribution in [0.15, 0.2) is 29.5 Å². The Morgan fingerprint density at radius 3 is 3.00 bits per heavy atom. The van der Waals surface area contributed by atoms with Crippen LogP contribution in [0.4, 0.5) is 0 Å². The van der Waals surface area contributed by atoms with E-state index in [1.165, 1.54) is 5.56 Å². The highest BCUT2D eigenvalue weighted by Gasteiger charge is 2.17. The van der Waals surface area contributed by atoms with Crippen molar-refractivity contribution in [2.75, 3.05) is 26.4 Å². The predicted octanol–water partition coefficient (Wildman–Crippen LogP) is 2.28. The van der Waals surface area contributed by atoms with Gasteiger partial charge < -0.3 is 24.7 Å². The molecule has 2 N–H and O–H groups in total. The fourth-order valence-corrected chi connectivity index (χ4v) is 3.20. The van der Waals surface area contributed by atoms with Gasteiger partial charge in [0.25, 0.3) is 0 Å². The Kier molecular flexibility index (Phi) is 7.86. The van der Waals surface area contributed by atoms with Gasteiger partial charge in [-0.2, -0.15) is 0 Å². The first-order chi connectivity index (χ1) is 14.2. The van der Waals surface area contributed by atoms with Gasteiger partial charge in [0.05, 0.1) is 26.3 Å². The molecule has 0 saturated carbocycles. The molecule has 3 rings (SSSR count). The van der Waals surface area contributed by atoms with Crippen LogP contribution in [-0.4, -0.2) is 47.1 Å². The standard InChI is InChI=1S/C21H32N6O2/c1-4-22-21(24-12-20-26-25-15-27(20)5-2)23-11-18-7-6-16(3)10-19(18)29-14-17-8-9-28-13-17/h6-7,10,15,17H,4-5,8-9,11-14H2,1-3H3,(H2,22,23,24). The number of guanidine groups is 1. The van der Waals surface area contributed by atoms with Gasteiger partial charge in [0, 0.05) is 31.2 Å². The summed E-state index contributed by atoms with van der Waals surface area (Å²) < 4.78 is 13.6. The van der Waals surface area contributed by atoms with Gasteiger partial charge in [0.1, 0.15) is 12.1 Å². The highest BCUT2D eigenvalue weighted by atomic mass is 16.5. The van der Waals surface area contributed by atoms with Gasteiger partial charge in [-0.15, -0.1) is 10.2 Å². The van der Waals surface area contributed by atoms with Crippen LogP contribution in [0.25, 0.3) is 0 Å². The smallest absolute Gasteiger partial charge is 0.191 e. The first-order valence-electron chi connectivity index (χ1n) is 10.4. The number of hydrogen-bond donors (Lipinski definition) is 2. The molecule has 1 aliphatic rings. The van der Waals surface area contributed by atoms with Gasteiger partial charge in [-0.25, -0.2) is 4.99 Å². The molecule has 1 unspecified atom stereocenters. The lowest BCUT2D eigenvalue weighted by Gasteiger charge is -2.15. The minimum absolute atomic E-state index is 0.474. The summed E-state index contributed by atoms with van der Waals surface area (Å²) in [6.07, 6.45) is 2.81. The topological polar surface area (TPSA) is 85.6 Å². The second-order valence-corrected chi connectivity index (χ2v) is 7.23. The lowest BCUT2D eigenvalue weighted by Crippen LogP contribution is -2.37. The lowest BCUT2D eigenvalue weighted by atomic mass is 10.1. The van der Waals surface area contributed by atoms with Crippen molar-refractivity contribution < 1.29 is 9.47 Å². The maximum absolute atomic E-state index is 6.13. The zero-order valence-electron chi connectivity index (χ0n) is 17.6. The van der Waals surface area contributed by atoms with E-state index in [1.54, 1.807) is 6.33 Å². The summed E-state index contributed by atoms with van der Waals surface area (Å²) in [7, 11) is 0. The summed E-state index contributed by atoms with van der Waals surface area (Å²) in [4.78, 5) is 4.74. The zero-order chi connectivity index (χ0) is 20.5. The van der Waals surface area contributed by atoms with Gasteiger partial charge >= 0.3 is 0 Å². The van der Waals surface area contributed by atoms with E-state index < -0.39 is 0 Å². The summed E-state index contributed by atoms with van der Waals surface area (Å²) in [5, 5.41) is 14.7. The highest BCUT2D eigenvalue weighted by molar-refractivity contribution is 5.79. The monoisotopic (exact) mass is 400 g/mol. The zero-order valence-corrected chi connectivity index (χ0v) is 17.6. The van der Waals surface area contributed by atoms with Crippen molar-refractivity contribution in [3.63, 3.8) is 0 Å². The number of aryl methyl sites for hydroxylation is 2. The van der Waals surface area contributed by atoms with Crippen molar-refractivity contribution in [1.29, 1.82) is 0 Å². The molecule has 1 aromatic carbocycles. The number of hydrogen-bond acceptors (Lipinski definition) is 5. The molecule has 2 aromatic rings. The number of aromatic nitrogens is 3. The number of aliphatic imine (C=N–C) groups is 1. The first-order valence-corrected chi connectivity index (χ1v) is 10.4. The Morgan fingerprint density at radius 1 is 1.34 bits per heavy atom. The first kappa shape index (κ1) is 21.1. The molecule has 0 amide bonds. The summed E-state index contributed by atoms with van der Waals surface area (Å²) in [5.74, 6) is 3.01. The third-order valence-corrected chi connectivity index (χ3v) is 4.92. The van der Waals surface area contributed by atoms with Crippen LogP contribution >= 0.6 is 0 Å². The van der Waals surface area contributed by atoms with Crippen LogP contribution < -0.4 is 15.4 Å². The van der Waals surface area contributed by atoms with E-state index in [1.807, 2.05) is 4.57 Å². The molecule has 0 bridgehead atoms. The summed E-state index contributed by atoms with van der Waals surface area (Å²) in [5.41, 5.74) is 2.25. The van der Waals surface area contributed by atoms with Crippen LogP contribution in [0, 0.1) is 12.8 Å². The Balaban J connectivity index is 1.64. The van der Waals surface area contributed by atoms with Crippen molar-refractivity contribution in [1.82, 2.24) is 25.4 Å². The second-order valence-electron chi connectivity index (χ2n) is 7.23. The maximum Gasteiger partial charge on any atom is 0.191 e. The van der Waals surface area contributed by atoms with E-state index in [0.717, 1.165) is 55.8 Å². The number of nitrogens with zero attached hydrogens (tertiary/aromatic N) is 4. The van der Waals surface area contributed by atoms with Crippen molar-refractivity contribution in [3.05, 3.63) is 41.5 Å². The molecule has 2 heterocycles. The summed E-state index contributed by atoms with van der Waals surface area (Å²) >= 11 is 0. The third-order valence-electron chi connectivity index (χ3n) is 4.92. The number of ether oxygens (including phenoxy) is 2. The molecular formula is C21H32N6O2. The predicted molar refractivity (Wildman–Crippen MR) is 113 cm³/mol. The molecule has 8 heteroatoms. The van der Waals surface area contributed by atoms with Gasteiger partial charge in [-0.3, -0.25) is 0 Å². The van der Waals surface area contributed by atoms with E-state index in [2.05, 4.69) is 59.8 Å². The Morgan fingerprint density at radius 2 is 2.24 bits per heavy atom. The highest BCUT2D eigenvalue weighted by Crippen LogP contribution is 2.23. The average molecular weight is 401 g/mol. The normalized spacial score (nSPS) is 16.8. The fraction of sp³-hybridized carbons (Fsp3) is 0.571. The quantitative estimate of drug-likeness (QED) is 0.496. The molecular weight excluding hydrogens is 368 g/mol. The molecule has 1 saturated heterocycles. The Labute approximate surface area is 172 Å². The van der Waals surface area contributed by atoms with Gasteiger partial charge in [0.15, 0.2) is 11.8 Å². The SMILES string of the molecule is CCNC(=NCc1ccc(C)cc1OCC1CCOC1)NCc1nncn1CC. The average Bonchev–Trinajstić information content (AvgIpc) is 3.41. The molecule has 0 aliphatic carbocycles. The molecule has 1 aliphatic heterocycles.